The zero-order valence-corrected chi connectivity index (χ0v) is 27.5. The van der Waals surface area contributed by atoms with E-state index in [1.165, 1.54) is 12.1 Å². The van der Waals surface area contributed by atoms with Crippen LogP contribution in [0.1, 0.15) is 65.2 Å². The van der Waals surface area contributed by atoms with Gasteiger partial charge in [0.05, 0.1) is 16.1 Å². The molecule has 0 radical (unpaired) electrons. The number of ether oxygens (including phenoxy) is 1. The van der Waals surface area contributed by atoms with Crippen LogP contribution in [-0.2, 0) is 15.7 Å². The summed E-state index contributed by atoms with van der Waals surface area (Å²) in [5, 5.41) is 6.41. The molecule has 1 saturated carbocycles. The lowest BCUT2D eigenvalue weighted by molar-refractivity contribution is 0.0999. The average Bonchev–Trinajstić information content (AvgIpc) is 3.84. The van der Waals surface area contributed by atoms with Gasteiger partial charge < -0.3 is 21.1 Å². The van der Waals surface area contributed by atoms with Gasteiger partial charge in [-0.15, -0.1) is 0 Å². The van der Waals surface area contributed by atoms with E-state index in [0.29, 0.717) is 17.9 Å². The first-order valence-electron chi connectivity index (χ1n) is 14.9. The molecule has 1 heterocycles. The SMILES string of the molecule is CNCCOc1ccccc1C(C)(C)Nc1nccn(-c2c(C)ccc(C(N)=O)c2C2CC2)c1=O.Cc1ccc(S(=O)(=O)O)cc1. The molecule has 0 unspecified atom stereocenters. The molecule has 0 bridgehead atoms. The van der Waals surface area contributed by atoms with Crippen LogP contribution in [0.15, 0.2) is 82.7 Å². The Balaban J connectivity index is 0.000000369. The van der Waals surface area contributed by atoms with Crippen LogP contribution in [0, 0.1) is 13.8 Å². The van der Waals surface area contributed by atoms with Gasteiger partial charge in [-0.2, -0.15) is 8.42 Å². The number of aryl methyl sites for hydroxylation is 2. The van der Waals surface area contributed by atoms with Gasteiger partial charge in [-0.05, 0) is 88.9 Å². The third-order valence-electron chi connectivity index (χ3n) is 7.67. The minimum Gasteiger partial charge on any atom is -0.492 e. The second kappa shape index (κ2) is 14.3. The molecular weight excluding hydrogens is 606 g/mol. The molecule has 0 aliphatic heterocycles. The molecule has 11 nitrogen and oxygen atoms in total. The number of hydrogen-bond donors (Lipinski definition) is 4. The van der Waals surface area contributed by atoms with E-state index in [4.69, 9.17) is 15.0 Å². The number of primary amides is 1. The Labute approximate surface area is 269 Å². The van der Waals surface area contributed by atoms with Crippen LogP contribution in [0.3, 0.4) is 0 Å². The van der Waals surface area contributed by atoms with Crippen molar-refractivity contribution in [3.05, 3.63) is 111 Å². The number of anilines is 1. The van der Waals surface area contributed by atoms with Crippen molar-refractivity contribution in [1.29, 1.82) is 0 Å². The molecule has 5 N–H and O–H groups in total. The molecule has 5 rings (SSSR count). The van der Waals surface area contributed by atoms with Crippen molar-refractivity contribution >= 4 is 21.8 Å². The van der Waals surface area contributed by atoms with Gasteiger partial charge in [0.15, 0.2) is 5.82 Å². The average molecular weight is 648 g/mol. The normalized spacial score (nSPS) is 13.0. The number of carbonyl (C=O) groups excluding carboxylic acids is 1. The van der Waals surface area contributed by atoms with Gasteiger partial charge in [-0.25, -0.2) is 4.98 Å². The molecule has 0 atom stereocenters. The molecule has 1 aliphatic carbocycles. The predicted molar refractivity (Wildman–Crippen MR) is 179 cm³/mol. The number of hydrogen-bond acceptors (Lipinski definition) is 8. The van der Waals surface area contributed by atoms with Gasteiger partial charge in [0.1, 0.15) is 12.4 Å². The fraction of sp³-hybridized carbons (Fsp3) is 0.324. The summed E-state index contributed by atoms with van der Waals surface area (Å²) in [5.74, 6) is 0.706. The lowest BCUT2D eigenvalue weighted by Crippen LogP contribution is -2.34. The number of nitrogens with two attached hydrogens (primary N) is 1. The molecule has 1 aromatic heterocycles. The van der Waals surface area contributed by atoms with Gasteiger partial charge in [-0.3, -0.25) is 18.7 Å². The monoisotopic (exact) mass is 647 g/mol. The van der Waals surface area contributed by atoms with Crippen molar-refractivity contribution in [2.24, 2.45) is 5.73 Å². The van der Waals surface area contributed by atoms with E-state index in [0.717, 1.165) is 47.4 Å². The summed E-state index contributed by atoms with van der Waals surface area (Å²) in [5.41, 5.74) is 9.55. The maximum absolute atomic E-state index is 13.7. The Bertz CT molecular complexity index is 1870. The molecule has 3 aromatic carbocycles. The molecule has 0 spiro atoms. The molecule has 12 heteroatoms. The largest absolute Gasteiger partial charge is 0.492 e. The number of likely N-dealkylation sites (N-methyl/N-ethyl adjacent to an activating group) is 1. The fourth-order valence-electron chi connectivity index (χ4n) is 5.16. The Morgan fingerprint density at radius 3 is 2.37 bits per heavy atom. The summed E-state index contributed by atoms with van der Waals surface area (Å²) in [7, 11) is -2.14. The maximum Gasteiger partial charge on any atom is 0.297 e. The molecule has 1 amide bonds. The van der Waals surface area contributed by atoms with Crippen LogP contribution in [0.4, 0.5) is 5.82 Å². The molecule has 46 heavy (non-hydrogen) atoms. The Morgan fingerprint density at radius 1 is 1.09 bits per heavy atom. The van der Waals surface area contributed by atoms with Gasteiger partial charge in [0.2, 0.25) is 5.91 Å². The van der Waals surface area contributed by atoms with E-state index in [2.05, 4.69) is 15.6 Å². The second-order valence-electron chi connectivity index (χ2n) is 11.8. The van der Waals surface area contributed by atoms with Crippen molar-refractivity contribution in [3.8, 4) is 11.4 Å². The number of nitrogens with zero attached hydrogens (tertiary/aromatic N) is 2. The number of aromatic nitrogens is 2. The number of nitrogens with one attached hydrogen (secondary N) is 2. The number of benzene rings is 3. The summed E-state index contributed by atoms with van der Waals surface area (Å²) >= 11 is 0. The van der Waals surface area contributed by atoms with Gasteiger partial charge in [0.25, 0.3) is 15.7 Å². The van der Waals surface area contributed by atoms with Crippen LogP contribution < -0.4 is 26.7 Å². The number of para-hydroxylation sites is 1. The molecule has 1 aliphatic rings. The minimum absolute atomic E-state index is 0.0666. The number of carbonyl (C=O) groups is 1. The topological polar surface area (TPSA) is 166 Å². The molecular formula is C34H41N5O6S. The zero-order valence-electron chi connectivity index (χ0n) is 26.7. The van der Waals surface area contributed by atoms with Crippen molar-refractivity contribution < 1.29 is 22.5 Å². The van der Waals surface area contributed by atoms with Crippen molar-refractivity contribution in [2.45, 2.75) is 56.9 Å². The van der Waals surface area contributed by atoms with Crippen molar-refractivity contribution in [1.82, 2.24) is 14.9 Å². The highest BCUT2D eigenvalue weighted by molar-refractivity contribution is 7.85. The third-order valence-corrected chi connectivity index (χ3v) is 8.54. The quantitative estimate of drug-likeness (QED) is 0.133. The summed E-state index contributed by atoms with van der Waals surface area (Å²) < 4.78 is 37.1. The predicted octanol–water partition coefficient (Wildman–Crippen LogP) is 4.70. The first-order chi connectivity index (χ1) is 21.7. The summed E-state index contributed by atoms with van der Waals surface area (Å²) in [6, 6.07) is 17.4. The highest BCUT2D eigenvalue weighted by Crippen LogP contribution is 2.45. The lowest BCUT2D eigenvalue weighted by atomic mass is 9.93. The molecule has 4 aromatic rings. The standard InChI is InChI=1S/C27H33N5O3.C7H8O3S/c1-17-9-12-19(24(28)33)22(18-10-11-18)23(17)32-15-13-30-25(26(32)34)31-27(2,3)20-7-5-6-8-21(20)35-16-14-29-4;1-6-2-4-7(5-3-6)11(8,9)10/h5-9,12-13,15,18,29H,10-11,14,16H2,1-4H3,(H2,28,33)(H,30,31);2-5H,1H3,(H,8,9,10). The van der Waals surface area contributed by atoms with E-state index in [1.807, 2.05) is 65.1 Å². The smallest absolute Gasteiger partial charge is 0.297 e. The van der Waals surface area contributed by atoms with Crippen LogP contribution in [-0.4, -0.2) is 48.6 Å². The minimum atomic E-state index is -4.02. The highest BCUT2D eigenvalue weighted by atomic mass is 32.2. The lowest BCUT2D eigenvalue weighted by Gasteiger charge is -2.29. The molecule has 244 valence electrons. The summed E-state index contributed by atoms with van der Waals surface area (Å²) in [6.07, 6.45) is 5.19. The Hall–Kier alpha value is -4.52. The van der Waals surface area contributed by atoms with Crippen LogP contribution in [0.5, 0.6) is 5.75 Å². The summed E-state index contributed by atoms with van der Waals surface area (Å²) in [4.78, 5) is 30.2. The van der Waals surface area contributed by atoms with E-state index in [9.17, 15) is 18.0 Å². The zero-order chi connectivity index (χ0) is 33.6. The highest BCUT2D eigenvalue weighted by Gasteiger charge is 2.32. The van der Waals surface area contributed by atoms with Gasteiger partial charge >= 0.3 is 0 Å². The molecule has 0 saturated heterocycles. The Kier molecular flexibility index (Phi) is 10.7. The van der Waals surface area contributed by atoms with Gasteiger partial charge in [-0.1, -0.05) is 42.0 Å². The van der Waals surface area contributed by atoms with Gasteiger partial charge in [0, 0.05) is 30.1 Å². The second-order valence-corrected chi connectivity index (χ2v) is 13.2. The van der Waals surface area contributed by atoms with E-state index < -0.39 is 21.6 Å². The van der Waals surface area contributed by atoms with Crippen LogP contribution in [0.25, 0.3) is 5.69 Å². The van der Waals surface area contributed by atoms with Crippen LogP contribution >= 0.6 is 0 Å². The molecule has 1 fully saturated rings. The number of amides is 1. The third kappa shape index (κ3) is 8.19. The van der Waals surface area contributed by atoms with E-state index in [1.54, 1.807) is 35.2 Å². The number of rotatable bonds is 11. The van der Waals surface area contributed by atoms with E-state index >= 15 is 0 Å². The maximum atomic E-state index is 13.7. The first kappa shape index (κ1) is 34.4. The van der Waals surface area contributed by atoms with E-state index in [-0.39, 0.29) is 22.2 Å². The van der Waals surface area contributed by atoms with Crippen molar-refractivity contribution in [3.63, 3.8) is 0 Å². The Morgan fingerprint density at radius 2 is 1.76 bits per heavy atom. The summed E-state index contributed by atoms with van der Waals surface area (Å²) in [6.45, 7) is 9.00. The van der Waals surface area contributed by atoms with Crippen LogP contribution in [0.2, 0.25) is 0 Å². The van der Waals surface area contributed by atoms with Crippen molar-refractivity contribution in [2.75, 3.05) is 25.5 Å². The fourth-order valence-corrected chi connectivity index (χ4v) is 5.64. The first-order valence-corrected chi connectivity index (χ1v) is 16.4.